The number of halogens is 4. The van der Waals surface area contributed by atoms with E-state index in [9.17, 15) is 17.6 Å². The third-order valence-corrected chi connectivity index (χ3v) is 4.50. The molecule has 2 rings (SSSR count). The second-order valence-corrected chi connectivity index (χ2v) is 6.14. The number of alkyl halides is 3. The van der Waals surface area contributed by atoms with Crippen LogP contribution in [-0.4, -0.2) is 0 Å². The number of aryl methyl sites for hydroxylation is 1. The first kappa shape index (κ1) is 17.5. The van der Waals surface area contributed by atoms with Gasteiger partial charge in [-0.05, 0) is 74.1 Å². The molecule has 0 bridgehead atoms. The van der Waals surface area contributed by atoms with Gasteiger partial charge >= 0.3 is 6.18 Å². The van der Waals surface area contributed by atoms with Gasteiger partial charge in [0.1, 0.15) is 6.07 Å². The number of rotatable bonds is 4. The summed E-state index contributed by atoms with van der Waals surface area (Å²) in [5, 5.41) is 8.43. The van der Waals surface area contributed by atoms with Gasteiger partial charge in [0.15, 0.2) is 5.83 Å². The molecule has 0 aliphatic heterocycles. The average molecular weight is 325 g/mol. The molecular formula is C18H19F4N. The van der Waals surface area contributed by atoms with Crippen molar-refractivity contribution in [2.24, 2.45) is 11.8 Å². The highest BCUT2D eigenvalue weighted by atomic mass is 19.4. The Balaban J connectivity index is 1.79. The Morgan fingerprint density at radius 2 is 1.74 bits per heavy atom. The van der Waals surface area contributed by atoms with Gasteiger partial charge in [-0.15, -0.1) is 0 Å². The van der Waals surface area contributed by atoms with E-state index in [-0.39, 0.29) is 5.92 Å². The number of hydrogen-bond donors (Lipinski definition) is 0. The van der Waals surface area contributed by atoms with Crippen molar-refractivity contribution in [3.05, 3.63) is 47.3 Å². The highest BCUT2D eigenvalue weighted by Gasteiger charge is 2.30. The summed E-state index contributed by atoms with van der Waals surface area (Å²) in [5.74, 6) is -0.0535. The molecule has 1 aliphatic rings. The molecule has 0 N–H and O–H groups in total. The van der Waals surface area contributed by atoms with Crippen LogP contribution in [0.4, 0.5) is 17.6 Å². The van der Waals surface area contributed by atoms with Gasteiger partial charge in [-0.25, -0.2) is 0 Å². The predicted molar refractivity (Wildman–Crippen MR) is 80.0 cm³/mol. The summed E-state index contributed by atoms with van der Waals surface area (Å²) in [7, 11) is 0. The Morgan fingerprint density at radius 3 is 2.26 bits per heavy atom. The van der Waals surface area contributed by atoms with Crippen LogP contribution >= 0.6 is 0 Å². The van der Waals surface area contributed by atoms with E-state index in [2.05, 4.69) is 0 Å². The van der Waals surface area contributed by atoms with Crippen molar-refractivity contribution >= 4 is 0 Å². The molecule has 0 radical (unpaired) electrons. The number of nitrogens with zero attached hydrogens (tertiary/aromatic N) is 1. The lowest BCUT2D eigenvalue weighted by atomic mass is 9.79. The van der Waals surface area contributed by atoms with Crippen LogP contribution in [0.15, 0.2) is 36.2 Å². The van der Waals surface area contributed by atoms with E-state index in [4.69, 9.17) is 5.26 Å². The molecular weight excluding hydrogens is 306 g/mol. The molecule has 0 amide bonds. The van der Waals surface area contributed by atoms with E-state index in [1.54, 1.807) is 12.1 Å². The van der Waals surface area contributed by atoms with Crippen molar-refractivity contribution in [1.29, 1.82) is 5.26 Å². The van der Waals surface area contributed by atoms with Crippen LogP contribution in [0.2, 0.25) is 0 Å². The highest BCUT2D eigenvalue weighted by molar-refractivity contribution is 5.24. The number of benzene rings is 1. The smallest absolute Gasteiger partial charge is 0.195 e. The lowest BCUT2D eigenvalue weighted by Crippen LogP contribution is -2.14. The molecule has 0 spiro atoms. The first-order valence-corrected chi connectivity index (χ1v) is 7.82. The summed E-state index contributed by atoms with van der Waals surface area (Å²) in [6.07, 6.45) is 2.49. The molecule has 0 saturated heterocycles. The molecule has 1 aromatic carbocycles. The normalized spacial score (nSPS) is 22.7. The van der Waals surface area contributed by atoms with E-state index in [1.165, 1.54) is 12.1 Å². The first-order chi connectivity index (χ1) is 10.9. The summed E-state index contributed by atoms with van der Waals surface area (Å²) in [4.78, 5) is 0. The summed E-state index contributed by atoms with van der Waals surface area (Å²) in [6.45, 7) is 0. The van der Waals surface area contributed by atoms with Crippen molar-refractivity contribution in [2.45, 2.75) is 44.7 Å². The molecule has 1 aromatic rings. The van der Waals surface area contributed by atoms with Crippen LogP contribution in [-0.2, 0) is 12.6 Å². The van der Waals surface area contributed by atoms with Crippen molar-refractivity contribution < 1.29 is 17.6 Å². The Bertz CT molecular complexity index is 573. The first-order valence-electron chi connectivity index (χ1n) is 7.82. The van der Waals surface area contributed by atoms with Crippen molar-refractivity contribution in [3.8, 4) is 6.07 Å². The fourth-order valence-electron chi connectivity index (χ4n) is 3.12. The molecule has 1 fully saturated rings. The monoisotopic (exact) mass is 325 g/mol. The summed E-state index contributed by atoms with van der Waals surface area (Å²) in [6, 6.07) is 6.84. The van der Waals surface area contributed by atoms with E-state index in [0.29, 0.717) is 5.92 Å². The maximum atomic E-state index is 12.9. The van der Waals surface area contributed by atoms with Crippen LogP contribution in [0.1, 0.15) is 43.2 Å². The van der Waals surface area contributed by atoms with Crippen LogP contribution in [0.25, 0.3) is 0 Å². The zero-order valence-electron chi connectivity index (χ0n) is 12.7. The summed E-state index contributed by atoms with van der Waals surface area (Å²) in [5.41, 5.74) is 0.295. The molecule has 1 saturated carbocycles. The maximum Gasteiger partial charge on any atom is 0.416 e. The zero-order valence-corrected chi connectivity index (χ0v) is 12.7. The van der Waals surface area contributed by atoms with Gasteiger partial charge in [-0.3, -0.25) is 0 Å². The molecule has 5 heteroatoms. The van der Waals surface area contributed by atoms with Crippen molar-refractivity contribution in [2.75, 3.05) is 0 Å². The topological polar surface area (TPSA) is 23.8 Å². The lowest BCUT2D eigenvalue weighted by molar-refractivity contribution is -0.137. The Hall–Kier alpha value is -1.83. The SMILES string of the molecule is N#CC(F)=C[C@H]1CC[C@H](CCc2ccc(C(F)(F)F)cc2)CC1. The minimum Gasteiger partial charge on any atom is -0.195 e. The van der Waals surface area contributed by atoms with Crippen LogP contribution in [0, 0.1) is 23.2 Å². The standard InChI is InChI=1S/C18H19F4N/c19-17(12-23)11-15-5-3-13(4-6-15)1-2-14-7-9-16(10-8-14)18(20,21)22/h7-11,13,15H,1-6H2/t13-,15-. The third-order valence-electron chi connectivity index (χ3n) is 4.50. The summed E-state index contributed by atoms with van der Waals surface area (Å²) < 4.78 is 50.4. The molecule has 0 heterocycles. The second-order valence-electron chi connectivity index (χ2n) is 6.14. The van der Waals surface area contributed by atoms with Crippen molar-refractivity contribution in [1.82, 2.24) is 0 Å². The van der Waals surface area contributed by atoms with Gasteiger partial charge in [0, 0.05) is 0 Å². The van der Waals surface area contributed by atoms with Crippen molar-refractivity contribution in [3.63, 3.8) is 0 Å². The highest BCUT2D eigenvalue weighted by Crippen LogP contribution is 2.33. The van der Waals surface area contributed by atoms with E-state index in [1.807, 2.05) is 0 Å². The fourth-order valence-corrected chi connectivity index (χ4v) is 3.12. The van der Waals surface area contributed by atoms with Gasteiger partial charge in [-0.1, -0.05) is 12.1 Å². The molecule has 1 nitrogen and oxygen atoms in total. The van der Waals surface area contributed by atoms with E-state index in [0.717, 1.165) is 56.2 Å². The van der Waals surface area contributed by atoms with E-state index < -0.39 is 17.6 Å². The molecule has 1 aliphatic carbocycles. The Morgan fingerprint density at radius 1 is 1.13 bits per heavy atom. The Kier molecular flexibility index (Phi) is 5.81. The molecule has 124 valence electrons. The second kappa shape index (κ2) is 7.63. The molecule has 0 unspecified atom stereocenters. The zero-order chi connectivity index (χ0) is 16.9. The Labute approximate surface area is 133 Å². The van der Waals surface area contributed by atoms with Gasteiger partial charge in [0.2, 0.25) is 0 Å². The van der Waals surface area contributed by atoms with E-state index >= 15 is 0 Å². The minimum absolute atomic E-state index is 0.136. The minimum atomic E-state index is -4.29. The van der Waals surface area contributed by atoms with Crippen LogP contribution in [0.3, 0.4) is 0 Å². The van der Waals surface area contributed by atoms with Gasteiger partial charge in [0.05, 0.1) is 5.56 Å². The molecule has 0 atom stereocenters. The predicted octanol–water partition coefficient (Wildman–Crippen LogP) is 5.82. The van der Waals surface area contributed by atoms with Gasteiger partial charge in [-0.2, -0.15) is 22.8 Å². The number of hydrogen-bond acceptors (Lipinski definition) is 1. The van der Waals surface area contributed by atoms with Crippen LogP contribution in [0.5, 0.6) is 0 Å². The summed E-state index contributed by atoms with van der Waals surface area (Å²) >= 11 is 0. The van der Waals surface area contributed by atoms with Gasteiger partial charge in [0.25, 0.3) is 0 Å². The maximum absolute atomic E-state index is 12.9. The van der Waals surface area contributed by atoms with Crippen LogP contribution < -0.4 is 0 Å². The third kappa shape index (κ3) is 5.38. The number of allylic oxidation sites excluding steroid dienone is 2. The quantitative estimate of drug-likeness (QED) is 0.505. The molecule has 0 aromatic heterocycles. The lowest BCUT2D eigenvalue weighted by Gasteiger charge is -2.26. The van der Waals surface area contributed by atoms with Gasteiger partial charge < -0.3 is 0 Å². The number of nitriles is 1. The largest absolute Gasteiger partial charge is 0.416 e. The average Bonchev–Trinajstić information content (AvgIpc) is 2.53. The fraction of sp³-hybridized carbons (Fsp3) is 0.500. The molecule has 23 heavy (non-hydrogen) atoms.